The number of imidazole rings is 1. The molecule has 0 radical (unpaired) electrons. The lowest BCUT2D eigenvalue weighted by Crippen LogP contribution is -2.17. The second-order valence-electron chi connectivity index (χ2n) is 3.53. The molecule has 1 unspecified atom stereocenters. The Kier molecular flexibility index (Phi) is 2.69. The third kappa shape index (κ3) is 1.65. The van der Waals surface area contributed by atoms with Gasteiger partial charge >= 0.3 is 0 Å². The molecule has 2 rings (SSSR count). The van der Waals surface area contributed by atoms with E-state index >= 15 is 0 Å². The zero-order chi connectivity index (χ0) is 9.26. The largest absolute Gasteiger partial charge is 0.333 e. The van der Waals surface area contributed by atoms with Crippen LogP contribution < -0.4 is 5.73 Å². The number of hydrogen-bond donors (Lipinski definition) is 1. The van der Waals surface area contributed by atoms with Crippen LogP contribution in [-0.2, 0) is 6.54 Å². The molecule has 0 bridgehead atoms. The topological polar surface area (TPSA) is 43.8 Å². The summed E-state index contributed by atoms with van der Waals surface area (Å²) in [5.74, 6) is 0.607. The molecule has 0 saturated heterocycles. The van der Waals surface area contributed by atoms with Gasteiger partial charge in [0.2, 0.25) is 0 Å². The third-order valence-corrected chi connectivity index (χ3v) is 3.30. The maximum absolute atomic E-state index is 5.59. The normalized spacial score (nSPS) is 21.5. The second kappa shape index (κ2) is 3.80. The number of hydrogen-bond acceptors (Lipinski definition) is 2. The van der Waals surface area contributed by atoms with Crippen LogP contribution in [0.15, 0.2) is 10.9 Å². The molecular formula is C9H14BrN3. The molecule has 0 spiro atoms. The molecule has 1 aliphatic heterocycles. The third-order valence-electron chi connectivity index (χ3n) is 2.68. The van der Waals surface area contributed by atoms with Gasteiger partial charge in [-0.1, -0.05) is 0 Å². The monoisotopic (exact) mass is 243 g/mol. The molecule has 0 saturated carbocycles. The predicted octanol–water partition coefficient (Wildman–Crippen LogP) is 1.87. The molecular weight excluding hydrogens is 230 g/mol. The lowest BCUT2D eigenvalue weighted by molar-refractivity contribution is 0.437. The summed E-state index contributed by atoms with van der Waals surface area (Å²) in [5, 5.41) is 0. The molecule has 1 aliphatic rings. The number of fused-ring (bicyclic) bond motifs is 1. The molecule has 72 valence electrons. The molecule has 3 nitrogen and oxygen atoms in total. The summed E-state index contributed by atoms with van der Waals surface area (Å²) >= 11 is 3.49. The SMILES string of the molecule is NCCC1CCCn2cnc(Br)c21. The molecule has 1 aromatic rings. The molecule has 0 fully saturated rings. The highest BCUT2D eigenvalue weighted by Gasteiger charge is 2.22. The Hall–Kier alpha value is -0.350. The fourth-order valence-corrected chi connectivity index (χ4v) is 2.72. The molecule has 2 N–H and O–H groups in total. The molecule has 2 heterocycles. The molecule has 0 aliphatic carbocycles. The van der Waals surface area contributed by atoms with Gasteiger partial charge in [-0.15, -0.1) is 0 Å². The van der Waals surface area contributed by atoms with Crippen LogP contribution in [0.25, 0.3) is 0 Å². The number of nitrogens with two attached hydrogens (primary N) is 1. The lowest BCUT2D eigenvalue weighted by Gasteiger charge is -2.23. The summed E-state index contributed by atoms with van der Waals surface area (Å²) in [5.41, 5.74) is 6.93. The van der Waals surface area contributed by atoms with Crippen molar-refractivity contribution in [2.24, 2.45) is 5.73 Å². The number of halogens is 1. The summed E-state index contributed by atoms with van der Waals surface area (Å²) in [6.07, 6.45) is 5.49. The molecule has 1 aromatic heterocycles. The van der Waals surface area contributed by atoms with Gasteiger partial charge in [0.25, 0.3) is 0 Å². The van der Waals surface area contributed by atoms with Crippen LogP contribution in [0.2, 0.25) is 0 Å². The first-order chi connectivity index (χ1) is 6.33. The van der Waals surface area contributed by atoms with Crippen molar-refractivity contribution in [2.45, 2.75) is 31.7 Å². The predicted molar refractivity (Wildman–Crippen MR) is 55.6 cm³/mol. The average Bonchev–Trinajstić information content (AvgIpc) is 2.50. The smallest absolute Gasteiger partial charge is 0.127 e. The van der Waals surface area contributed by atoms with E-state index in [1.807, 2.05) is 6.33 Å². The first kappa shape index (κ1) is 9.21. The standard InChI is InChI=1S/C9H14BrN3/c10-9-8-7(3-4-11)2-1-5-13(8)6-12-9/h6-7H,1-5,11H2. The van der Waals surface area contributed by atoms with Crippen molar-refractivity contribution in [3.63, 3.8) is 0 Å². The number of aromatic nitrogens is 2. The fraction of sp³-hybridized carbons (Fsp3) is 0.667. The van der Waals surface area contributed by atoms with E-state index in [1.165, 1.54) is 18.5 Å². The van der Waals surface area contributed by atoms with Crippen LogP contribution in [0, 0.1) is 0 Å². The fourth-order valence-electron chi connectivity index (χ4n) is 2.08. The minimum absolute atomic E-state index is 0.607. The minimum atomic E-state index is 0.607. The van der Waals surface area contributed by atoms with Gasteiger partial charge in [0, 0.05) is 12.5 Å². The highest BCUT2D eigenvalue weighted by molar-refractivity contribution is 9.10. The zero-order valence-corrected chi connectivity index (χ0v) is 9.13. The van der Waals surface area contributed by atoms with Gasteiger partial charge in [0.1, 0.15) is 4.60 Å². The minimum Gasteiger partial charge on any atom is -0.333 e. The van der Waals surface area contributed by atoms with Crippen molar-refractivity contribution in [3.05, 3.63) is 16.6 Å². The van der Waals surface area contributed by atoms with Gasteiger partial charge in [-0.25, -0.2) is 4.98 Å². The van der Waals surface area contributed by atoms with Crippen molar-refractivity contribution in [3.8, 4) is 0 Å². The number of aryl methyl sites for hydroxylation is 1. The van der Waals surface area contributed by atoms with Gasteiger partial charge in [-0.05, 0) is 41.7 Å². The zero-order valence-electron chi connectivity index (χ0n) is 7.54. The summed E-state index contributed by atoms with van der Waals surface area (Å²) in [7, 11) is 0. The van der Waals surface area contributed by atoms with Crippen molar-refractivity contribution in [1.29, 1.82) is 0 Å². The van der Waals surface area contributed by atoms with Crippen LogP contribution in [0.3, 0.4) is 0 Å². The van der Waals surface area contributed by atoms with E-state index in [2.05, 4.69) is 25.5 Å². The Labute approximate surface area is 86.5 Å². The Morgan fingerprint density at radius 1 is 1.69 bits per heavy atom. The van der Waals surface area contributed by atoms with E-state index < -0.39 is 0 Å². The van der Waals surface area contributed by atoms with Gasteiger partial charge < -0.3 is 10.3 Å². The van der Waals surface area contributed by atoms with Crippen LogP contribution in [-0.4, -0.2) is 16.1 Å². The van der Waals surface area contributed by atoms with Gasteiger partial charge in [-0.2, -0.15) is 0 Å². The van der Waals surface area contributed by atoms with E-state index in [4.69, 9.17) is 5.73 Å². The summed E-state index contributed by atoms with van der Waals surface area (Å²) in [6.45, 7) is 1.87. The van der Waals surface area contributed by atoms with Crippen LogP contribution >= 0.6 is 15.9 Å². The number of rotatable bonds is 2. The Morgan fingerprint density at radius 2 is 2.54 bits per heavy atom. The van der Waals surface area contributed by atoms with E-state index in [0.29, 0.717) is 5.92 Å². The van der Waals surface area contributed by atoms with Crippen LogP contribution in [0.1, 0.15) is 30.9 Å². The summed E-state index contributed by atoms with van der Waals surface area (Å²) in [6, 6.07) is 0. The first-order valence-electron chi connectivity index (χ1n) is 4.73. The van der Waals surface area contributed by atoms with Gasteiger partial charge in [-0.3, -0.25) is 0 Å². The number of nitrogens with zero attached hydrogens (tertiary/aromatic N) is 2. The maximum atomic E-state index is 5.59. The Bertz CT molecular complexity index is 295. The summed E-state index contributed by atoms with van der Waals surface area (Å²) < 4.78 is 3.25. The highest BCUT2D eigenvalue weighted by atomic mass is 79.9. The van der Waals surface area contributed by atoms with E-state index in [9.17, 15) is 0 Å². The maximum Gasteiger partial charge on any atom is 0.127 e. The van der Waals surface area contributed by atoms with E-state index in [1.54, 1.807) is 0 Å². The van der Waals surface area contributed by atoms with E-state index in [-0.39, 0.29) is 0 Å². The van der Waals surface area contributed by atoms with E-state index in [0.717, 1.165) is 24.1 Å². The highest BCUT2D eigenvalue weighted by Crippen LogP contribution is 2.33. The average molecular weight is 244 g/mol. The van der Waals surface area contributed by atoms with Gasteiger partial charge in [0.15, 0.2) is 0 Å². The van der Waals surface area contributed by atoms with Crippen molar-refractivity contribution in [1.82, 2.24) is 9.55 Å². The second-order valence-corrected chi connectivity index (χ2v) is 4.28. The lowest BCUT2D eigenvalue weighted by atomic mass is 9.93. The van der Waals surface area contributed by atoms with Crippen molar-refractivity contribution >= 4 is 15.9 Å². The molecule has 0 aromatic carbocycles. The first-order valence-corrected chi connectivity index (χ1v) is 5.53. The Balaban J connectivity index is 2.29. The van der Waals surface area contributed by atoms with Crippen LogP contribution in [0.5, 0.6) is 0 Å². The summed E-state index contributed by atoms with van der Waals surface area (Å²) in [4.78, 5) is 4.27. The molecule has 1 atom stereocenters. The van der Waals surface area contributed by atoms with Crippen molar-refractivity contribution in [2.75, 3.05) is 6.54 Å². The van der Waals surface area contributed by atoms with Gasteiger partial charge in [0.05, 0.1) is 12.0 Å². The quantitative estimate of drug-likeness (QED) is 0.863. The molecule has 0 amide bonds. The van der Waals surface area contributed by atoms with Crippen molar-refractivity contribution < 1.29 is 0 Å². The van der Waals surface area contributed by atoms with Crippen LogP contribution in [0.4, 0.5) is 0 Å². The molecule has 13 heavy (non-hydrogen) atoms. The molecule has 4 heteroatoms. The Morgan fingerprint density at radius 3 is 3.31 bits per heavy atom.